The second kappa shape index (κ2) is 8.13. The number of fused-ring (bicyclic) bond motifs is 1. The third-order valence-corrected chi connectivity index (χ3v) is 5.83. The summed E-state index contributed by atoms with van der Waals surface area (Å²) in [6.07, 6.45) is 0.180. The number of ether oxygens (including phenoxy) is 2. The summed E-state index contributed by atoms with van der Waals surface area (Å²) in [5.41, 5.74) is 1.59. The molecule has 2 aliphatic heterocycles. The van der Waals surface area contributed by atoms with Gasteiger partial charge in [-0.05, 0) is 29.8 Å². The minimum absolute atomic E-state index is 0.0792. The Morgan fingerprint density at radius 1 is 1.10 bits per heavy atom. The van der Waals surface area contributed by atoms with Gasteiger partial charge in [0, 0.05) is 38.3 Å². The zero-order chi connectivity index (χ0) is 20.5. The molecule has 0 unspecified atom stereocenters. The van der Waals surface area contributed by atoms with Crippen molar-refractivity contribution in [3.63, 3.8) is 0 Å². The minimum Gasteiger partial charge on any atom is -0.486 e. The second-order valence-electron chi connectivity index (χ2n) is 7.18. The van der Waals surface area contributed by atoms with Crippen molar-refractivity contribution in [3.05, 3.63) is 52.0 Å². The molecule has 29 heavy (non-hydrogen) atoms. The average Bonchev–Trinajstić information content (AvgIpc) is 3.11. The van der Waals surface area contributed by atoms with Crippen molar-refractivity contribution in [1.29, 1.82) is 0 Å². The van der Waals surface area contributed by atoms with Crippen LogP contribution in [0.2, 0.25) is 10.0 Å². The van der Waals surface area contributed by atoms with E-state index in [2.05, 4.69) is 0 Å². The molecular weight excluding hydrogens is 415 g/mol. The van der Waals surface area contributed by atoms with Crippen LogP contribution in [0.25, 0.3) is 0 Å². The largest absolute Gasteiger partial charge is 0.486 e. The summed E-state index contributed by atoms with van der Waals surface area (Å²) < 4.78 is 11.1. The number of benzene rings is 2. The first kappa shape index (κ1) is 19.9. The Kier molecular flexibility index (Phi) is 5.56. The lowest BCUT2D eigenvalue weighted by Gasteiger charge is -2.23. The molecule has 1 saturated heterocycles. The van der Waals surface area contributed by atoms with E-state index < -0.39 is 5.92 Å². The van der Waals surface area contributed by atoms with Gasteiger partial charge in [0.05, 0.1) is 16.0 Å². The first-order chi connectivity index (χ1) is 13.9. The van der Waals surface area contributed by atoms with Crippen LogP contribution in [-0.4, -0.2) is 43.5 Å². The molecule has 2 heterocycles. The number of rotatable bonds is 4. The summed E-state index contributed by atoms with van der Waals surface area (Å²) in [5.74, 6) is 0.726. The highest BCUT2D eigenvalue weighted by Crippen LogP contribution is 2.36. The molecule has 0 saturated carbocycles. The highest BCUT2D eigenvalue weighted by molar-refractivity contribution is 6.42. The highest BCUT2D eigenvalue weighted by Gasteiger charge is 2.37. The van der Waals surface area contributed by atoms with Crippen LogP contribution in [0.5, 0.6) is 11.5 Å². The molecule has 2 amide bonds. The fraction of sp³-hybridized carbons (Fsp3) is 0.333. The molecule has 0 spiro atoms. The Morgan fingerprint density at radius 2 is 1.86 bits per heavy atom. The Hall–Kier alpha value is -2.44. The average molecular weight is 435 g/mol. The molecule has 2 aromatic rings. The molecule has 4 rings (SSSR count). The molecule has 2 aliphatic rings. The van der Waals surface area contributed by atoms with Crippen molar-refractivity contribution in [3.8, 4) is 11.5 Å². The summed E-state index contributed by atoms with van der Waals surface area (Å²) in [7, 11) is 1.72. The van der Waals surface area contributed by atoms with E-state index in [1.54, 1.807) is 41.1 Å². The van der Waals surface area contributed by atoms with Crippen molar-refractivity contribution in [1.82, 2.24) is 4.90 Å². The molecule has 0 N–H and O–H groups in total. The first-order valence-corrected chi connectivity index (χ1v) is 10.1. The van der Waals surface area contributed by atoms with E-state index in [-0.39, 0.29) is 18.2 Å². The number of hydrogen-bond acceptors (Lipinski definition) is 4. The molecule has 0 radical (unpaired) electrons. The molecule has 1 atom stereocenters. The zero-order valence-corrected chi connectivity index (χ0v) is 17.4. The van der Waals surface area contributed by atoms with E-state index in [9.17, 15) is 9.59 Å². The van der Waals surface area contributed by atoms with Crippen LogP contribution in [0.4, 0.5) is 5.69 Å². The Balaban J connectivity index is 1.44. The summed E-state index contributed by atoms with van der Waals surface area (Å²) in [5, 5.41) is 0.923. The van der Waals surface area contributed by atoms with Crippen molar-refractivity contribution >= 4 is 40.7 Å². The molecular formula is C21H20Cl2N2O4. The van der Waals surface area contributed by atoms with E-state index in [1.807, 2.05) is 12.1 Å². The fourth-order valence-corrected chi connectivity index (χ4v) is 3.94. The maximum Gasteiger partial charge on any atom is 0.228 e. The van der Waals surface area contributed by atoms with E-state index in [4.69, 9.17) is 32.7 Å². The van der Waals surface area contributed by atoms with E-state index in [0.29, 0.717) is 53.5 Å². The standard InChI is InChI=1S/C21H20Cl2N2O4/c1-24(11-13-2-4-16(22)17(23)8-13)21(27)14-9-20(26)25(12-14)15-3-5-18-19(10-15)29-7-6-28-18/h2-5,8,10,14H,6-7,9,11-12H2,1H3/t14-/m0/s1. The molecule has 0 aliphatic carbocycles. The number of carbonyl (C=O) groups is 2. The lowest BCUT2D eigenvalue weighted by molar-refractivity contribution is -0.135. The number of halogens is 2. The van der Waals surface area contributed by atoms with Gasteiger partial charge in [-0.1, -0.05) is 29.3 Å². The second-order valence-corrected chi connectivity index (χ2v) is 7.99. The molecule has 2 aromatic carbocycles. The Bertz CT molecular complexity index is 966. The summed E-state index contributed by atoms with van der Waals surface area (Å²) in [6.45, 7) is 1.72. The van der Waals surface area contributed by atoms with E-state index in [1.165, 1.54) is 0 Å². The third kappa shape index (κ3) is 4.14. The van der Waals surface area contributed by atoms with Crippen LogP contribution in [0.1, 0.15) is 12.0 Å². The molecule has 152 valence electrons. The van der Waals surface area contributed by atoms with E-state index >= 15 is 0 Å². The number of nitrogens with zero attached hydrogens (tertiary/aromatic N) is 2. The number of amides is 2. The Morgan fingerprint density at radius 3 is 2.62 bits per heavy atom. The van der Waals surface area contributed by atoms with Gasteiger partial charge in [-0.2, -0.15) is 0 Å². The lowest BCUT2D eigenvalue weighted by atomic mass is 10.1. The summed E-state index contributed by atoms with van der Waals surface area (Å²) in [4.78, 5) is 28.7. The number of anilines is 1. The third-order valence-electron chi connectivity index (χ3n) is 5.09. The SMILES string of the molecule is CN(Cc1ccc(Cl)c(Cl)c1)C(=O)[C@H]1CC(=O)N(c2ccc3c(c2)OCCO3)C1. The minimum atomic E-state index is -0.400. The van der Waals surface area contributed by atoms with Crippen LogP contribution in [0.3, 0.4) is 0 Å². The predicted octanol–water partition coefficient (Wildman–Crippen LogP) is 3.78. The van der Waals surface area contributed by atoms with Crippen LogP contribution >= 0.6 is 23.2 Å². The molecule has 6 nitrogen and oxygen atoms in total. The molecule has 0 bridgehead atoms. The summed E-state index contributed by atoms with van der Waals surface area (Å²) >= 11 is 12.0. The smallest absolute Gasteiger partial charge is 0.228 e. The lowest BCUT2D eigenvalue weighted by Crippen LogP contribution is -2.34. The molecule has 0 aromatic heterocycles. The van der Waals surface area contributed by atoms with Crippen LogP contribution in [0.15, 0.2) is 36.4 Å². The monoisotopic (exact) mass is 434 g/mol. The maximum atomic E-state index is 12.9. The molecule has 1 fully saturated rings. The van der Waals surface area contributed by atoms with Gasteiger partial charge in [-0.25, -0.2) is 0 Å². The van der Waals surface area contributed by atoms with E-state index in [0.717, 1.165) is 5.56 Å². The summed E-state index contributed by atoms with van der Waals surface area (Å²) in [6, 6.07) is 10.7. The van der Waals surface area contributed by atoms with Gasteiger partial charge in [0.25, 0.3) is 0 Å². The van der Waals surface area contributed by atoms with Crippen LogP contribution in [0, 0.1) is 5.92 Å². The fourth-order valence-electron chi connectivity index (χ4n) is 3.62. The number of carbonyl (C=O) groups excluding carboxylic acids is 2. The van der Waals surface area contributed by atoms with Gasteiger partial charge < -0.3 is 19.3 Å². The van der Waals surface area contributed by atoms with Gasteiger partial charge in [-0.3, -0.25) is 9.59 Å². The number of hydrogen-bond donors (Lipinski definition) is 0. The zero-order valence-electron chi connectivity index (χ0n) is 15.9. The highest BCUT2D eigenvalue weighted by atomic mass is 35.5. The Labute approximate surface area is 178 Å². The maximum absolute atomic E-state index is 12.9. The molecule has 8 heteroatoms. The van der Waals surface area contributed by atoms with Gasteiger partial charge in [0.2, 0.25) is 11.8 Å². The van der Waals surface area contributed by atoms with Crippen LogP contribution in [-0.2, 0) is 16.1 Å². The van der Waals surface area contributed by atoms with Crippen molar-refractivity contribution < 1.29 is 19.1 Å². The normalized spacial score (nSPS) is 18.1. The van der Waals surface area contributed by atoms with Crippen molar-refractivity contribution in [2.24, 2.45) is 5.92 Å². The van der Waals surface area contributed by atoms with Crippen molar-refractivity contribution in [2.75, 3.05) is 31.7 Å². The van der Waals surface area contributed by atoms with Crippen molar-refractivity contribution in [2.45, 2.75) is 13.0 Å². The van der Waals surface area contributed by atoms with Gasteiger partial charge in [0.15, 0.2) is 11.5 Å². The van der Waals surface area contributed by atoms with Crippen LogP contribution < -0.4 is 14.4 Å². The van der Waals surface area contributed by atoms with Gasteiger partial charge in [-0.15, -0.1) is 0 Å². The first-order valence-electron chi connectivity index (χ1n) is 9.31. The predicted molar refractivity (Wildman–Crippen MR) is 111 cm³/mol. The van der Waals surface area contributed by atoms with Gasteiger partial charge >= 0.3 is 0 Å². The van der Waals surface area contributed by atoms with Gasteiger partial charge in [0.1, 0.15) is 13.2 Å². The quantitative estimate of drug-likeness (QED) is 0.734. The topological polar surface area (TPSA) is 59.1 Å².